The second-order valence-corrected chi connectivity index (χ2v) is 9.23. The van der Waals surface area contributed by atoms with Crippen LogP contribution in [-0.2, 0) is 4.79 Å². The van der Waals surface area contributed by atoms with Gasteiger partial charge in [-0.3, -0.25) is 4.79 Å². The highest BCUT2D eigenvalue weighted by Gasteiger charge is 2.59. The van der Waals surface area contributed by atoms with Crippen molar-refractivity contribution in [3.63, 3.8) is 0 Å². The Hall–Kier alpha value is -0.570. The molecular weight excluding hydrogens is 262 g/mol. The van der Waals surface area contributed by atoms with Gasteiger partial charge in [-0.15, -0.1) is 0 Å². The Kier molecular flexibility index (Phi) is 2.99. The third-order valence-electron chi connectivity index (χ3n) is 6.90. The standard InChI is InChI=1S/C18H29NO2/c1-17-6-13-3-14(7-17)9-18(8-13,11-17)16(21)19(2)10-12-4-15(20)5-12/h12-15,20H,3-11H2,1-2H3. The summed E-state index contributed by atoms with van der Waals surface area (Å²) >= 11 is 0. The van der Waals surface area contributed by atoms with E-state index in [4.69, 9.17) is 0 Å². The van der Waals surface area contributed by atoms with Crippen molar-refractivity contribution in [2.24, 2.45) is 28.6 Å². The van der Waals surface area contributed by atoms with Crippen molar-refractivity contribution in [3.05, 3.63) is 0 Å². The number of rotatable bonds is 3. The monoisotopic (exact) mass is 291 g/mol. The van der Waals surface area contributed by atoms with Crippen LogP contribution in [0.25, 0.3) is 0 Å². The topological polar surface area (TPSA) is 40.5 Å². The van der Waals surface area contributed by atoms with Crippen molar-refractivity contribution >= 4 is 5.91 Å². The second-order valence-electron chi connectivity index (χ2n) is 9.23. The minimum Gasteiger partial charge on any atom is -0.393 e. The molecule has 2 atom stereocenters. The molecule has 5 aliphatic carbocycles. The van der Waals surface area contributed by atoms with Crippen LogP contribution < -0.4 is 0 Å². The quantitative estimate of drug-likeness (QED) is 0.868. The molecule has 5 rings (SSSR count). The first-order valence-electron chi connectivity index (χ1n) is 8.81. The van der Waals surface area contributed by atoms with E-state index in [1.165, 1.54) is 19.3 Å². The number of aliphatic hydroxyl groups is 1. The Balaban J connectivity index is 1.48. The van der Waals surface area contributed by atoms with E-state index >= 15 is 0 Å². The summed E-state index contributed by atoms with van der Waals surface area (Å²) in [6.07, 6.45) is 9.17. The lowest BCUT2D eigenvalue weighted by Gasteiger charge is -2.61. The fourth-order valence-electron chi connectivity index (χ4n) is 6.70. The molecule has 1 N–H and O–H groups in total. The second kappa shape index (κ2) is 4.47. The summed E-state index contributed by atoms with van der Waals surface area (Å²) in [6, 6.07) is 0. The van der Waals surface area contributed by atoms with Crippen LogP contribution >= 0.6 is 0 Å². The van der Waals surface area contributed by atoms with E-state index in [9.17, 15) is 9.90 Å². The van der Waals surface area contributed by atoms with Gasteiger partial charge >= 0.3 is 0 Å². The van der Waals surface area contributed by atoms with E-state index in [0.717, 1.165) is 50.5 Å². The molecule has 2 unspecified atom stereocenters. The minimum atomic E-state index is -0.114. The molecule has 21 heavy (non-hydrogen) atoms. The van der Waals surface area contributed by atoms with Gasteiger partial charge in [-0.25, -0.2) is 0 Å². The first kappa shape index (κ1) is 14.0. The van der Waals surface area contributed by atoms with Gasteiger partial charge in [0.25, 0.3) is 0 Å². The lowest BCUT2D eigenvalue weighted by Crippen LogP contribution is -2.57. The highest BCUT2D eigenvalue weighted by atomic mass is 16.3. The zero-order chi connectivity index (χ0) is 14.8. The number of hydrogen-bond donors (Lipinski definition) is 1. The molecule has 0 aromatic heterocycles. The Morgan fingerprint density at radius 1 is 1.14 bits per heavy atom. The summed E-state index contributed by atoms with van der Waals surface area (Å²) < 4.78 is 0. The lowest BCUT2D eigenvalue weighted by molar-refractivity contribution is -0.166. The molecule has 0 spiro atoms. The lowest BCUT2D eigenvalue weighted by atomic mass is 9.44. The summed E-state index contributed by atoms with van der Waals surface area (Å²) in [5, 5.41) is 9.43. The van der Waals surface area contributed by atoms with Crippen LogP contribution in [0.3, 0.4) is 0 Å². The maximum absolute atomic E-state index is 13.2. The largest absolute Gasteiger partial charge is 0.393 e. The van der Waals surface area contributed by atoms with Gasteiger partial charge in [-0.1, -0.05) is 6.92 Å². The molecule has 4 bridgehead atoms. The Morgan fingerprint density at radius 2 is 1.76 bits per heavy atom. The van der Waals surface area contributed by atoms with E-state index in [2.05, 4.69) is 6.92 Å². The van der Waals surface area contributed by atoms with Crippen molar-refractivity contribution < 1.29 is 9.90 Å². The number of aliphatic hydroxyl groups excluding tert-OH is 1. The number of carbonyl (C=O) groups excluding carboxylic acids is 1. The highest BCUT2D eigenvalue weighted by molar-refractivity contribution is 5.83. The van der Waals surface area contributed by atoms with Gasteiger partial charge in [0.05, 0.1) is 11.5 Å². The average Bonchev–Trinajstić information content (AvgIpc) is 2.32. The molecule has 0 heterocycles. The van der Waals surface area contributed by atoms with E-state index in [1.807, 2.05) is 11.9 Å². The van der Waals surface area contributed by atoms with Crippen LogP contribution in [0, 0.1) is 28.6 Å². The van der Waals surface area contributed by atoms with Crippen LogP contribution in [-0.4, -0.2) is 35.6 Å². The third kappa shape index (κ3) is 2.23. The predicted molar refractivity (Wildman–Crippen MR) is 81.6 cm³/mol. The first-order valence-corrected chi connectivity index (χ1v) is 8.81. The zero-order valence-corrected chi connectivity index (χ0v) is 13.5. The Labute approximate surface area is 128 Å². The molecule has 5 fully saturated rings. The van der Waals surface area contributed by atoms with Crippen LogP contribution in [0.15, 0.2) is 0 Å². The number of amides is 1. The summed E-state index contributed by atoms with van der Waals surface area (Å²) in [7, 11) is 1.99. The fourth-order valence-corrected chi connectivity index (χ4v) is 6.70. The van der Waals surface area contributed by atoms with Gasteiger partial charge in [0, 0.05) is 13.6 Å². The highest BCUT2D eigenvalue weighted by Crippen LogP contribution is 2.65. The van der Waals surface area contributed by atoms with Crippen molar-refractivity contribution in [1.82, 2.24) is 4.90 Å². The van der Waals surface area contributed by atoms with E-state index in [1.54, 1.807) is 0 Å². The summed E-state index contributed by atoms with van der Waals surface area (Å²) in [4.78, 5) is 15.2. The maximum Gasteiger partial charge on any atom is 0.228 e. The summed E-state index contributed by atoms with van der Waals surface area (Å²) in [6.45, 7) is 3.28. The first-order chi connectivity index (χ1) is 9.87. The van der Waals surface area contributed by atoms with Crippen molar-refractivity contribution in [2.45, 2.75) is 64.4 Å². The SMILES string of the molecule is CN(CC1CC(O)C1)C(=O)C12CC3CC(CC(C)(C3)C1)C2. The summed E-state index contributed by atoms with van der Waals surface area (Å²) in [5.74, 6) is 2.56. The molecular formula is C18H29NO2. The van der Waals surface area contributed by atoms with E-state index in [0.29, 0.717) is 17.2 Å². The number of nitrogens with zero attached hydrogens (tertiary/aromatic N) is 1. The van der Waals surface area contributed by atoms with E-state index < -0.39 is 0 Å². The van der Waals surface area contributed by atoms with Crippen LogP contribution in [0.5, 0.6) is 0 Å². The molecule has 0 aromatic rings. The molecule has 3 heteroatoms. The molecule has 3 nitrogen and oxygen atoms in total. The average molecular weight is 291 g/mol. The zero-order valence-electron chi connectivity index (χ0n) is 13.5. The molecule has 5 aliphatic rings. The van der Waals surface area contributed by atoms with Gasteiger partial charge < -0.3 is 10.0 Å². The molecule has 0 aliphatic heterocycles. The van der Waals surface area contributed by atoms with Gasteiger partial charge in [-0.05, 0) is 74.5 Å². The van der Waals surface area contributed by atoms with Crippen molar-refractivity contribution in [3.8, 4) is 0 Å². The minimum absolute atomic E-state index is 0.0318. The third-order valence-corrected chi connectivity index (χ3v) is 6.90. The molecule has 0 saturated heterocycles. The van der Waals surface area contributed by atoms with Crippen LogP contribution in [0.2, 0.25) is 0 Å². The van der Waals surface area contributed by atoms with Gasteiger partial charge in [0.2, 0.25) is 5.91 Å². The number of carbonyl (C=O) groups is 1. The number of hydrogen-bond acceptors (Lipinski definition) is 2. The van der Waals surface area contributed by atoms with Gasteiger partial charge in [0.1, 0.15) is 0 Å². The molecule has 0 radical (unpaired) electrons. The smallest absolute Gasteiger partial charge is 0.228 e. The Bertz CT molecular complexity index is 440. The van der Waals surface area contributed by atoms with Gasteiger partial charge in [-0.2, -0.15) is 0 Å². The summed E-state index contributed by atoms with van der Waals surface area (Å²) in [5.41, 5.74) is 0.406. The maximum atomic E-state index is 13.2. The normalized spacial score (nSPS) is 50.8. The van der Waals surface area contributed by atoms with E-state index in [-0.39, 0.29) is 11.5 Å². The van der Waals surface area contributed by atoms with Gasteiger partial charge in [0.15, 0.2) is 0 Å². The van der Waals surface area contributed by atoms with Crippen molar-refractivity contribution in [2.75, 3.05) is 13.6 Å². The Morgan fingerprint density at radius 3 is 2.29 bits per heavy atom. The predicted octanol–water partition coefficient (Wildman–Crippen LogP) is 2.82. The molecule has 1 amide bonds. The van der Waals surface area contributed by atoms with Crippen LogP contribution in [0.1, 0.15) is 58.3 Å². The fraction of sp³-hybridized carbons (Fsp3) is 0.944. The van der Waals surface area contributed by atoms with Crippen molar-refractivity contribution in [1.29, 1.82) is 0 Å². The molecule has 5 saturated carbocycles. The molecule has 0 aromatic carbocycles. The molecule has 118 valence electrons. The van der Waals surface area contributed by atoms with Crippen LogP contribution in [0.4, 0.5) is 0 Å².